The molecule has 3 unspecified atom stereocenters. The van der Waals surface area contributed by atoms with Crippen LogP contribution in [0.2, 0.25) is 0 Å². The van der Waals surface area contributed by atoms with E-state index in [0.29, 0.717) is 31.3 Å². The number of aliphatic hydroxyl groups excluding tert-OH is 13. The lowest BCUT2D eigenvalue weighted by molar-refractivity contribution is -0.401. The Labute approximate surface area is 505 Å². The van der Waals surface area contributed by atoms with E-state index in [0.717, 1.165) is 5.57 Å². The summed E-state index contributed by atoms with van der Waals surface area (Å²) in [5.41, 5.74) is -4.82. The molecule has 0 aromatic rings. The second-order valence-corrected chi connectivity index (χ2v) is 28.1. The van der Waals surface area contributed by atoms with Crippen LogP contribution in [0.5, 0.6) is 0 Å². The molecule has 0 aromatic carbocycles. The van der Waals surface area contributed by atoms with Gasteiger partial charge in [0, 0.05) is 23.3 Å². The number of hydrogen-bond donors (Lipinski definition) is 14. The van der Waals surface area contributed by atoms with Crippen LogP contribution in [-0.2, 0) is 61.8 Å². The molecule has 4 heterocycles. The average molecular weight is 1250 g/mol. The van der Waals surface area contributed by atoms with Crippen LogP contribution >= 0.6 is 0 Å². The van der Waals surface area contributed by atoms with E-state index >= 15 is 0 Å². The molecular weight excluding hydrogens is 1150 g/mol. The van der Waals surface area contributed by atoms with Gasteiger partial charge in [-0.1, -0.05) is 66.2 Å². The minimum Gasteiger partial charge on any atom is -0.479 e. The van der Waals surface area contributed by atoms with Crippen molar-refractivity contribution in [3.8, 4) is 0 Å². The van der Waals surface area contributed by atoms with Crippen molar-refractivity contribution in [2.45, 2.75) is 262 Å². The van der Waals surface area contributed by atoms with E-state index in [-0.39, 0.29) is 24.7 Å². The van der Waals surface area contributed by atoms with Gasteiger partial charge in [0.25, 0.3) is 0 Å². The maximum absolute atomic E-state index is 13.5. The summed E-state index contributed by atoms with van der Waals surface area (Å²) in [6.45, 7) is 17.6. The third-order valence-electron chi connectivity index (χ3n) is 22.7. The Bertz CT molecular complexity index is 2560. The molecule has 9 aliphatic rings. The third kappa shape index (κ3) is 11.1. The van der Waals surface area contributed by atoms with Crippen molar-refractivity contribution < 1.29 is 133 Å². The summed E-state index contributed by atoms with van der Waals surface area (Å²) in [6, 6.07) is 0. The van der Waals surface area contributed by atoms with Gasteiger partial charge in [0.05, 0.1) is 49.7 Å². The van der Waals surface area contributed by atoms with Crippen molar-refractivity contribution in [3.05, 3.63) is 23.3 Å². The van der Waals surface area contributed by atoms with Crippen LogP contribution < -0.4 is 0 Å². The molecule has 0 spiro atoms. The molecule has 0 aromatic heterocycles. The summed E-state index contributed by atoms with van der Waals surface area (Å²) in [4.78, 5) is 39.7. The maximum atomic E-state index is 13.5. The minimum atomic E-state index is -2.24. The standard InChI is InChI=1S/C60H94O27/c1-12-23(2)50(77)87-47-48(80-25(4)63)60(22-62)27(19-55(47,5)6)26-13-14-31-57(9)17-16-32(56(7,8)30(57)15-18-58(31,10)59(26,11)45(73)46(60)74)82-54-44(86-52-39(71)37(69)35(67)29(20-61)81-52)41(40(72)42(84-54)49(75)76)83-53-43(34(66)28(64)21-78-53)85-51-38(70)36(68)33(65)24(3)79-51/h12-13,24,27-48,51-54,61-62,64-74H,14-22H2,1-11H3,(H,75,76)/b23-12+/t24-,27?,28-,29+,30?,31?,32-,33-,34-,35-,36+,37-,38+,39+,40-,41-,42-,43+,44+,45-,46+,47-,48-,51-,52-,53-,54+,57-,58+,59-,60-/m0/s1. The Morgan fingerprint density at radius 2 is 1.28 bits per heavy atom. The van der Waals surface area contributed by atoms with Crippen molar-refractivity contribution >= 4 is 17.9 Å². The summed E-state index contributed by atoms with van der Waals surface area (Å²) in [5, 5.41) is 158. The first-order valence-electron chi connectivity index (χ1n) is 30.4. The van der Waals surface area contributed by atoms with E-state index in [9.17, 15) is 85.9 Å². The van der Waals surface area contributed by atoms with Crippen LogP contribution in [0.3, 0.4) is 0 Å². The zero-order valence-electron chi connectivity index (χ0n) is 51.2. The molecule has 9 rings (SSSR count). The van der Waals surface area contributed by atoms with Gasteiger partial charge in [-0.25, -0.2) is 9.59 Å². The molecule has 31 atom stereocenters. The van der Waals surface area contributed by atoms with Crippen molar-refractivity contribution in [3.63, 3.8) is 0 Å². The normalized spacial score (nSPS) is 51.3. The number of aliphatic carboxylic acids is 1. The number of ether oxygens (including phenoxy) is 10. The van der Waals surface area contributed by atoms with Crippen molar-refractivity contribution in [1.29, 1.82) is 0 Å². The second-order valence-electron chi connectivity index (χ2n) is 28.1. The average Bonchev–Trinajstić information content (AvgIpc) is 0.666. The monoisotopic (exact) mass is 1250 g/mol. The molecule has 27 nitrogen and oxygen atoms in total. The van der Waals surface area contributed by atoms with Gasteiger partial charge in [-0.3, -0.25) is 4.79 Å². The zero-order valence-corrected chi connectivity index (χ0v) is 51.2. The van der Waals surface area contributed by atoms with Crippen LogP contribution in [-0.4, -0.2) is 256 Å². The van der Waals surface area contributed by atoms with Gasteiger partial charge < -0.3 is 119 Å². The Morgan fingerprint density at radius 1 is 0.655 bits per heavy atom. The third-order valence-corrected chi connectivity index (χ3v) is 22.7. The van der Waals surface area contributed by atoms with Gasteiger partial charge in [0.2, 0.25) is 0 Å². The molecule has 5 aliphatic carbocycles. The molecule has 14 N–H and O–H groups in total. The predicted octanol–water partition coefficient (Wildman–Crippen LogP) is -1.83. The number of carbonyl (C=O) groups excluding carboxylic acids is 2. The summed E-state index contributed by atoms with van der Waals surface area (Å²) >= 11 is 0. The highest BCUT2D eigenvalue weighted by molar-refractivity contribution is 5.87. The minimum absolute atomic E-state index is 0.187. The van der Waals surface area contributed by atoms with Crippen LogP contribution in [0.1, 0.15) is 115 Å². The van der Waals surface area contributed by atoms with Crippen LogP contribution in [0.25, 0.3) is 0 Å². The smallest absolute Gasteiger partial charge is 0.335 e. The van der Waals surface area contributed by atoms with Gasteiger partial charge in [0.1, 0.15) is 85.5 Å². The summed E-state index contributed by atoms with van der Waals surface area (Å²) < 4.78 is 61.1. The molecule has 0 radical (unpaired) electrons. The first-order chi connectivity index (χ1) is 40.5. The number of carboxylic acids is 1. The molecule has 4 saturated heterocycles. The zero-order chi connectivity index (χ0) is 64.3. The summed E-state index contributed by atoms with van der Waals surface area (Å²) in [5.74, 6) is -4.17. The predicted molar refractivity (Wildman–Crippen MR) is 294 cm³/mol. The first kappa shape index (κ1) is 68.4. The SMILES string of the molecule is C/C=C(\C)C(=O)O[C@H]1[C@H](OC(C)=O)[C@@]2(CO)C(CC1(C)C)C1=CCC3[C@@]4(C)CC[C@H](O[C@@H]5O[C@H](C(=O)O)[C@@H](O)[C@H](O[C@@H]6OC[C@H](O)[C@H](O)[C@H]6O[C@@H]6O[C@@H](C)[C@H](O)[C@@H](O)[C@H]6O)[C@H]5O[C@@H]5O[C@H](CO)[C@H](O)[C@H](O)[C@H]5O)C(C)(C)C4CC[C@@]3(C)[C@]1(C)[C@@H](O)[C@H]2O. The number of hydrogen-bond acceptors (Lipinski definition) is 26. The van der Waals surface area contributed by atoms with Gasteiger partial charge in [-0.2, -0.15) is 0 Å². The van der Waals surface area contributed by atoms with E-state index in [1.165, 1.54) is 13.8 Å². The van der Waals surface area contributed by atoms with E-state index in [2.05, 4.69) is 19.9 Å². The van der Waals surface area contributed by atoms with Gasteiger partial charge >= 0.3 is 17.9 Å². The van der Waals surface area contributed by atoms with Gasteiger partial charge in [-0.05, 0) is 93.3 Å². The molecule has 4 aliphatic heterocycles. The molecule has 4 saturated carbocycles. The van der Waals surface area contributed by atoms with E-state index in [1.807, 2.05) is 34.6 Å². The Hall–Kier alpha value is -2.95. The lowest BCUT2D eigenvalue weighted by Gasteiger charge is -2.73. The Balaban J connectivity index is 1.05. The largest absolute Gasteiger partial charge is 0.479 e. The van der Waals surface area contributed by atoms with Crippen LogP contribution in [0.4, 0.5) is 0 Å². The molecular formula is C60H94O27. The van der Waals surface area contributed by atoms with Crippen molar-refractivity contribution in [2.75, 3.05) is 19.8 Å². The summed E-state index contributed by atoms with van der Waals surface area (Å²) in [6.07, 6.45) is -35.7. The lowest BCUT2D eigenvalue weighted by atomic mass is 9.32. The van der Waals surface area contributed by atoms with Gasteiger partial charge in [0.15, 0.2) is 37.4 Å². The first-order valence-corrected chi connectivity index (χ1v) is 30.4. The number of rotatable bonds is 14. The maximum Gasteiger partial charge on any atom is 0.335 e. The van der Waals surface area contributed by atoms with Crippen molar-refractivity contribution in [2.24, 2.45) is 50.2 Å². The number of carbonyl (C=O) groups is 3. The molecule has 0 amide bonds. The van der Waals surface area contributed by atoms with Crippen LogP contribution in [0.15, 0.2) is 23.3 Å². The molecule has 496 valence electrons. The number of aliphatic hydroxyl groups is 13. The quantitative estimate of drug-likeness (QED) is 0.0394. The molecule has 8 fully saturated rings. The number of carboxylic acid groups (broad SMARTS) is 1. The fourth-order valence-electron chi connectivity index (χ4n) is 17.4. The van der Waals surface area contributed by atoms with E-state index in [1.54, 1.807) is 19.9 Å². The molecule has 27 heteroatoms. The highest BCUT2D eigenvalue weighted by Gasteiger charge is 2.76. The fraction of sp³-hybridized carbons (Fsp3) is 0.883. The fourth-order valence-corrected chi connectivity index (χ4v) is 17.4. The Kier molecular flexibility index (Phi) is 19.5. The van der Waals surface area contributed by atoms with Crippen molar-refractivity contribution in [1.82, 2.24) is 0 Å². The number of fused-ring (bicyclic) bond motifs is 7. The van der Waals surface area contributed by atoms with E-state index in [4.69, 9.17) is 47.4 Å². The van der Waals surface area contributed by atoms with Gasteiger partial charge in [-0.15, -0.1) is 0 Å². The second kappa shape index (κ2) is 24.8. The highest BCUT2D eigenvalue weighted by Crippen LogP contribution is 2.76. The number of allylic oxidation sites excluding steroid dienone is 2. The van der Waals surface area contributed by atoms with Crippen LogP contribution in [0, 0.1) is 50.2 Å². The lowest BCUT2D eigenvalue weighted by Crippen LogP contribution is -2.76. The highest BCUT2D eigenvalue weighted by atomic mass is 16.8. The number of esters is 2. The molecule has 0 bridgehead atoms. The van der Waals surface area contributed by atoms with E-state index < -0.39 is 223 Å². The Morgan fingerprint density at radius 3 is 1.89 bits per heavy atom. The topological polar surface area (TPSA) is 427 Å². The molecule has 87 heavy (non-hydrogen) atoms. The summed E-state index contributed by atoms with van der Waals surface area (Å²) in [7, 11) is 0.